The van der Waals surface area contributed by atoms with E-state index in [0.29, 0.717) is 18.1 Å². The fraction of sp³-hybridized carbons (Fsp3) is 0.318. The van der Waals surface area contributed by atoms with Gasteiger partial charge in [0.1, 0.15) is 0 Å². The highest BCUT2D eigenvalue weighted by molar-refractivity contribution is 9.10. The summed E-state index contributed by atoms with van der Waals surface area (Å²) >= 11 is 3.39. The van der Waals surface area contributed by atoms with Crippen LogP contribution in [0.5, 0.6) is 0 Å². The smallest absolute Gasteiger partial charge is 0.227 e. The highest BCUT2D eigenvalue weighted by Gasteiger charge is 2.13. The Balaban J connectivity index is 1.32. The summed E-state index contributed by atoms with van der Waals surface area (Å²) in [6, 6.07) is 15.8. The summed E-state index contributed by atoms with van der Waals surface area (Å²) in [5.74, 6) is 0.927. The number of aryl methyl sites for hydroxylation is 1. The molecule has 0 bridgehead atoms. The zero-order valence-corrected chi connectivity index (χ0v) is 17.7. The van der Waals surface area contributed by atoms with E-state index in [2.05, 4.69) is 48.4 Å². The first-order valence-corrected chi connectivity index (χ1v) is 10.7. The Bertz CT molecular complexity index is 965. The van der Waals surface area contributed by atoms with Gasteiger partial charge >= 0.3 is 0 Å². The van der Waals surface area contributed by atoms with Crippen LogP contribution in [-0.2, 0) is 11.2 Å². The Kier molecular flexibility index (Phi) is 6.24. The molecule has 2 heterocycles. The molecule has 0 aliphatic carbocycles. The monoisotopic (exact) mass is 454 g/mol. The van der Waals surface area contributed by atoms with Gasteiger partial charge in [0.25, 0.3) is 0 Å². The molecule has 1 aliphatic rings. The van der Waals surface area contributed by atoms with Crippen molar-refractivity contribution in [1.29, 1.82) is 0 Å². The number of hydrogen-bond donors (Lipinski definition) is 1. The molecular formula is C22H23BrN4O2. The number of rotatable bonds is 6. The minimum atomic E-state index is -0.0891. The topological polar surface area (TPSA) is 71.3 Å². The number of aromatic nitrogens is 2. The van der Waals surface area contributed by atoms with Crippen molar-refractivity contribution in [2.24, 2.45) is 0 Å². The maximum atomic E-state index is 12.1. The summed E-state index contributed by atoms with van der Waals surface area (Å²) in [5, 5.41) is 6.93. The van der Waals surface area contributed by atoms with Crippen molar-refractivity contribution >= 4 is 33.2 Å². The summed E-state index contributed by atoms with van der Waals surface area (Å²) < 4.78 is 6.25. The van der Waals surface area contributed by atoms with Gasteiger partial charge in [0.05, 0.1) is 0 Å². The number of carbonyl (C=O) groups is 1. The number of anilines is 2. The van der Waals surface area contributed by atoms with Crippen molar-refractivity contribution in [1.82, 2.24) is 10.1 Å². The highest BCUT2D eigenvalue weighted by Crippen LogP contribution is 2.24. The maximum absolute atomic E-state index is 12.1. The first-order chi connectivity index (χ1) is 14.2. The Morgan fingerprint density at radius 3 is 2.66 bits per heavy atom. The van der Waals surface area contributed by atoms with Crippen LogP contribution < -0.4 is 10.2 Å². The van der Waals surface area contributed by atoms with Gasteiger partial charge in [-0.1, -0.05) is 27.2 Å². The molecule has 3 aromatic rings. The number of carbonyl (C=O) groups excluding carboxylic acids is 1. The van der Waals surface area contributed by atoms with Gasteiger partial charge in [-0.25, -0.2) is 0 Å². The lowest BCUT2D eigenvalue weighted by molar-refractivity contribution is -0.116. The summed E-state index contributed by atoms with van der Waals surface area (Å²) in [5.41, 5.74) is 2.91. The molecule has 0 atom stereocenters. The second-order valence-corrected chi connectivity index (χ2v) is 8.08. The van der Waals surface area contributed by atoms with Gasteiger partial charge in [-0.3, -0.25) is 4.79 Å². The average molecular weight is 455 g/mol. The Hall–Kier alpha value is -2.67. The van der Waals surface area contributed by atoms with Gasteiger partial charge in [-0.15, -0.1) is 0 Å². The fourth-order valence-corrected chi connectivity index (χ4v) is 3.86. The fourth-order valence-electron chi connectivity index (χ4n) is 3.46. The molecule has 1 N–H and O–H groups in total. The summed E-state index contributed by atoms with van der Waals surface area (Å²) in [6.07, 6.45) is 4.51. The van der Waals surface area contributed by atoms with E-state index in [1.807, 2.05) is 36.4 Å². The van der Waals surface area contributed by atoms with Gasteiger partial charge in [0.2, 0.25) is 17.6 Å². The molecule has 1 aliphatic heterocycles. The molecule has 7 heteroatoms. The van der Waals surface area contributed by atoms with E-state index in [9.17, 15) is 4.79 Å². The Morgan fingerprint density at radius 2 is 1.90 bits per heavy atom. The summed E-state index contributed by atoms with van der Waals surface area (Å²) in [6.45, 7) is 2.24. The molecule has 1 fully saturated rings. The third-order valence-corrected chi connectivity index (χ3v) is 5.48. The predicted molar refractivity (Wildman–Crippen MR) is 117 cm³/mol. The van der Waals surface area contributed by atoms with Crippen molar-refractivity contribution in [2.75, 3.05) is 23.3 Å². The molecular weight excluding hydrogens is 432 g/mol. The van der Waals surface area contributed by atoms with E-state index in [4.69, 9.17) is 4.52 Å². The highest BCUT2D eigenvalue weighted by atomic mass is 79.9. The molecule has 4 rings (SSSR count). The molecule has 150 valence electrons. The van der Waals surface area contributed by atoms with E-state index in [0.717, 1.165) is 28.8 Å². The first kappa shape index (κ1) is 19.6. The van der Waals surface area contributed by atoms with E-state index >= 15 is 0 Å². The molecule has 1 saturated heterocycles. The van der Waals surface area contributed by atoms with Gasteiger partial charge in [-0.05, 0) is 61.7 Å². The van der Waals surface area contributed by atoms with Crippen molar-refractivity contribution < 1.29 is 9.32 Å². The number of hydrogen-bond acceptors (Lipinski definition) is 5. The van der Waals surface area contributed by atoms with E-state index < -0.39 is 0 Å². The second kappa shape index (κ2) is 9.22. The predicted octanol–water partition coefficient (Wildman–Crippen LogP) is 5.06. The number of piperidine rings is 1. The third kappa shape index (κ3) is 5.23. The van der Waals surface area contributed by atoms with Gasteiger partial charge in [0, 0.05) is 47.3 Å². The van der Waals surface area contributed by atoms with Crippen LogP contribution in [0.25, 0.3) is 11.4 Å². The molecule has 0 radical (unpaired) electrons. The normalized spacial score (nSPS) is 14.0. The summed E-state index contributed by atoms with van der Waals surface area (Å²) in [7, 11) is 0. The second-order valence-electron chi connectivity index (χ2n) is 7.16. The molecule has 0 unspecified atom stereocenters. The molecule has 1 aromatic heterocycles. The minimum absolute atomic E-state index is 0.0891. The van der Waals surface area contributed by atoms with Crippen molar-refractivity contribution in [2.45, 2.75) is 32.1 Å². The van der Waals surface area contributed by atoms with Gasteiger partial charge in [-0.2, -0.15) is 4.98 Å². The standard InChI is InChI=1S/C22H23BrN4O2/c23-17-5-4-6-18(15-17)24-20(28)11-12-21-25-22(26-29-21)16-7-9-19(10-8-16)27-13-2-1-3-14-27/h4-10,15H,1-3,11-14H2,(H,24,28). The minimum Gasteiger partial charge on any atom is -0.372 e. The van der Waals surface area contributed by atoms with Crippen LogP contribution in [-0.4, -0.2) is 29.1 Å². The maximum Gasteiger partial charge on any atom is 0.227 e. The van der Waals surface area contributed by atoms with E-state index in [1.165, 1.54) is 24.9 Å². The van der Waals surface area contributed by atoms with Crippen molar-refractivity contribution in [3.05, 3.63) is 58.9 Å². The molecule has 2 aromatic carbocycles. The van der Waals surface area contributed by atoms with Gasteiger partial charge in [0.15, 0.2) is 0 Å². The zero-order valence-electron chi connectivity index (χ0n) is 16.1. The van der Waals surface area contributed by atoms with E-state index in [-0.39, 0.29) is 12.3 Å². The molecule has 6 nitrogen and oxygen atoms in total. The van der Waals surface area contributed by atoms with Crippen molar-refractivity contribution in [3.63, 3.8) is 0 Å². The quantitative estimate of drug-likeness (QED) is 0.563. The SMILES string of the molecule is O=C(CCc1nc(-c2ccc(N3CCCCC3)cc2)no1)Nc1cccc(Br)c1. The number of nitrogens with zero attached hydrogens (tertiary/aromatic N) is 3. The molecule has 29 heavy (non-hydrogen) atoms. The lowest BCUT2D eigenvalue weighted by Crippen LogP contribution is -2.29. The number of nitrogens with one attached hydrogen (secondary N) is 1. The van der Waals surface area contributed by atoms with Crippen LogP contribution >= 0.6 is 15.9 Å². The Morgan fingerprint density at radius 1 is 1.10 bits per heavy atom. The lowest BCUT2D eigenvalue weighted by Gasteiger charge is -2.28. The van der Waals surface area contributed by atoms with E-state index in [1.54, 1.807) is 0 Å². The van der Waals surface area contributed by atoms with Crippen LogP contribution in [0.4, 0.5) is 11.4 Å². The Labute approximate surface area is 178 Å². The van der Waals surface area contributed by atoms with Crippen LogP contribution in [0.3, 0.4) is 0 Å². The van der Waals surface area contributed by atoms with Crippen LogP contribution in [0.15, 0.2) is 57.5 Å². The van der Waals surface area contributed by atoms with Crippen LogP contribution in [0.2, 0.25) is 0 Å². The largest absolute Gasteiger partial charge is 0.372 e. The lowest BCUT2D eigenvalue weighted by atomic mass is 10.1. The summed E-state index contributed by atoms with van der Waals surface area (Å²) in [4.78, 5) is 19.0. The first-order valence-electron chi connectivity index (χ1n) is 9.91. The number of benzene rings is 2. The average Bonchev–Trinajstić information content (AvgIpc) is 3.22. The number of halogens is 1. The van der Waals surface area contributed by atoms with Crippen LogP contribution in [0, 0.1) is 0 Å². The third-order valence-electron chi connectivity index (χ3n) is 4.99. The van der Waals surface area contributed by atoms with Crippen molar-refractivity contribution in [3.8, 4) is 11.4 Å². The zero-order chi connectivity index (χ0) is 20.1. The molecule has 0 saturated carbocycles. The molecule has 1 amide bonds. The van der Waals surface area contributed by atoms with Crippen LogP contribution in [0.1, 0.15) is 31.6 Å². The molecule has 0 spiro atoms. The number of amides is 1. The van der Waals surface area contributed by atoms with Gasteiger partial charge < -0.3 is 14.7 Å².